The molecule has 0 radical (unpaired) electrons. The van der Waals surface area contributed by atoms with Gasteiger partial charge in [0.2, 0.25) is 11.8 Å². The molecule has 90 valence electrons. The van der Waals surface area contributed by atoms with Crippen molar-refractivity contribution in [3.8, 4) is 0 Å². The number of hydrogen-bond donors (Lipinski definition) is 3. The van der Waals surface area contributed by atoms with Gasteiger partial charge < -0.3 is 16.0 Å². The van der Waals surface area contributed by atoms with Crippen molar-refractivity contribution in [2.24, 2.45) is 5.92 Å². The van der Waals surface area contributed by atoms with Crippen LogP contribution in [0.2, 0.25) is 0 Å². The average Bonchev–Trinajstić information content (AvgIpc) is 2.95. The van der Waals surface area contributed by atoms with E-state index in [9.17, 15) is 9.59 Å². The monoisotopic (exact) mass is 225 g/mol. The standard InChI is InChI=1S/C11H19N3O2/c1-7-9(4-5-12-7)11(16)13-6-10(15)14-8-2-3-8/h7-9,12H,2-6H2,1H3,(H,13,16)(H,14,15). The highest BCUT2D eigenvalue weighted by molar-refractivity contribution is 5.86. The molecule has 2 aliphatic rings. The van der Waals surface area contributed by atoms with Crippen molar-refractivity contribution < 1.29 is 9.59 Å². The molecule has 1 heterocycles. The molecule has 2 unspecified atom stereocenters. The Balaban J connectivity index is 1.68. The van der Waals surface area contributed by atoms with Crippen LogP contribution in [0.15, 0.2) is 0 Å². The normalized spacial score (nSPS) is 28.8. The van der Waals surface area contributed by atoms with Gasteiger partial charge in [-0.1, -0.05) is 0 Å². The Morgan fingerprint density at radius 1 is 1.31 bits per heavy atom. The average molecular weight is 225 g/mol. The smallest absolute Gasteiger partial charge is 0.239 e. The molecule has 3 N–H and O–H groups in total. The Morgan fingerprint density at radius 2 is 2.06 bits per heavy atom. The predicted molar refractivity (Wildman–Crippen MR) is 59.7 cm³/mol. The van der Waals surface area contributed by atoms with Crippen molar-refractivity contribution in [2.45, 2.75) is 38.3 Å². The molecular weight excluding hydrogens is 206 g/mol. The Kier molecular flexibility index (Phi) is 3.43. The van der Waals surface area contributed by atoms with E-state index in [1.54, 1.807) is 0 Å². The molecule has 0 bridgehead atoms. The summed E-state index contributed by atoms with van der Waals surface area (Å²) in [6, 6.07) is 0.572. The third-order valence-electron chi connectivity index (χ3n) is 3.23. The summed E-state index contributed by atoms with van der Waals surface area (Å²) in [5.74, 6) is -0.0772. The summed E-state index contributed by atoms with van der Waals surface area (Å²) in [7, 11) is 0. The van der Waals surface area contributed by atoms with Crippen LogP contribution in [0.4, 0.5) is 0 Å². The largest absolute Gasteiger partial charge is 0.352 e. The van der Waals surface area contributed by atoms with E-state index in [1.807, 2.05) is 6.92 Å². The lowest BCUT2D eigenvalue weighted by molar-refractivity contribution is -0.128. The van der Waals surface area contributed by atoms with E-state index >= 15 is 0 Å². The predicted octanol–water partition coefficient (Wildman–Crippen LogP) is -0.621. The van der Waals surface area contributed by atoms with E-state index in [-0.39, 0.29) is 30.3 Å². The van der Waals surface area contributed by atoms with Gasteiger partial charge in [-0.25, -0.2) is 0 Å². The molecule has 16 heavy (non-hydrogen) atoms. The summed E-state index contributed by atoms with van der Waals surface area (Å²) in [5, 5.41) is 8.76. The molecule has 2 rings (SSSR count). The van der Waals surface area contributed by atoms with Crippen molar-refractivity contribution in [1.82, 2.24) is 16.0 Å². The minimum absolute atomic E-state index is 0.00808. The third kappa shape index (κ3) is 2.95. The highest BCUT2D eigenvalue weighted by Crippen LogP contribution is 2.18. The molecule has 1 aliphatic heterocycles. The first-order chi connectivity index (χ1) is 7.66. The lowest BCUT2D eigenvalue weighted by Crippen LogP contribution is -2.42. The quantitative estimate of drug-likeness (QED) is 0.597. The summed E-state index contributed by atoms with van der Waals surface area (Å²) >= 11 is 0. The van der Waals surface area contributed by atoms with Crippen molar-refractivity contribution in [1.29, 1.82) is 0 Å². The van der Waals surface area contributed by atoms with Gasteiger partial charge in [-0.05, 0) is 32.7 Å². The molecule has 1 aliphatic carbocycles. The first-order valence-corrected chi connectivity index (χ1v) is 5.97. The Morgan fingerprint density at radius 3 is 2.62 bits per heavy atom. The van der Waals surface area contributed by atoms with Crippen LogP contribution >= 0.6 is 0 Å². The Labute approximate surface area is 95.3 Å². The molecule has 1 saturated heterocycles. The molecule has 5 heteroatoms. The van der Waals surface area contributed by atoms with E-state index in [2.05, 4.69) is 16.0 Å². The van der Waals surface area contributed by atoms with Crippen molar-refractivity contribution in [3.05, 3.63) is 0 Å². The number of rotatable bonds is 4. The second kappa shape index (κ2) is 4.82. The Hall–Kier alpha value is -1.10. The van der Waals surface area contributed by atoms with E-state index in [1.165, 1.54) is 0 Å². The van der Waals surface area contributed by atoms with Crippen LogP contribution in [0.25, 0.3) is 0 Å². The topological polar surface area (TPSA) is 70.2 Å². The number of carbonyl (C=O) groups is 2. The number of amides is 2. The van der Waals surface area contributed by atoms with Gasteiger partial charge in [0.25, 0.3) is 0 Å². The summed E-state index contributed by atoms with van der Waals surface area (Å²) < 4.78 is 0. The molecule has 0 aromatic rings. The van der Waals surface area contributed by atoms with Crippen molar-refractivity contribution in [3.63, 3.8) is 0 Å². The highest BCUT2D eigenvalue weighted by Gasteiger charge is 2.29. The Bertz CT molecular complexity index is 289. The first-order valence-electron chi connectivity index (χ1n) is 5.97. The van der Waals surface area contributed by atoms with Crippen LogP contribution in [0.5, 0.6) is 0 Å². The number of hydrogen-bond acceptors (Lipinski definition) is 3. The van der Waals surface area contributed by atoms with Crippen LogP contribution in [0.1, 0.15) is 26.2 Å². The SMILES string of the molecule is CC1NCCC1C(=O)NCC(=O)NC1CC1. The molecular formula is C11H19N3O2. The molecule has 2 fully saturated rings. The van der Waals surface area contributed by atoms with Crippen molar-refractivity contribution in [2.75, 3.05) is 13.1 Å². The maximum absolute atomic E-state index is 11.7. The summed E-state index contributed by atoms with van der Waals surface area (Å²) in [6.07, 6.45) is 3.00. The lowest BCUT2D eigenvalue weighted by atomic mass is 10.0. The second-order valence-electron chi connectivity index (χ2n) is 4.70. The maximum Gasteiger partial charge on any atom is 0.239 e. The molecule has 2 atom stereocenters. The lowest BCUT2D eigenvalue weighted by Gasteiger charge is -2.14. The molecule has 0 aromatic heterocycles. The minimum atomic E-state index is -0.0746. The molecule has 5 nitrogen and oxygen atoms in total. The molecule has 0 aromatic carbocycles. The highest BCUT2D eigenvalue weighted by atomic mass is 16.2. The summed E-state index contributed by atoms with van der Waals surface area (Å²) in [4.78, 5) is 23.1. The molecule has 1 saturated carbocycles. The van der Waals surface area contributed by atoms with Gasteiger partial charge in [0, 0.05) is 12.1 Å². The van der Waals surface area contributed by atoms with Gasteiger partial charge in [-0.15, -0.1) is 0 Å². The first kappa shape index (κ1) is 11.4. The van der Waals surface area contributed by atoms with Gasteiger partial charge in [0.1, 0.15) is 0 Å². The minimum Gasteiger partial charge on any atom is -0.352 e. The van der Waals surface area contributed by atoms with Gasteiger partial charge in [0.05, 0.1) is 12.5 Å². The second-order valence-corrected chi connectivity index (χ2v) is 4.70. The zero-order chi connectivity index (χ0) is 11.5. The van der Waals surface area contributed by atoms with E-state index in [4.69, 9.17) is 0 Å². The fourth-order valence-corrected chi connectivity index (χ4v) is 2.02. The summed E-state index contributed by atoms with van der Waals surface area (Å²) in [5.41, 5.74) is 0. The fraction of sp³-hybridized carbons (Fsp3) is 0.818. The van der Waals surface area contributed by atoms with Crippen LogP contribution in [0, 0.1) is 5.92 Å². The number of nitrogens with one attached hydrogen (secondary N) is 3. The van der Waals surface area contributed by atoms with E-state index in [0.29, 0.717) is 6.04 Å². The van der Waals surface area contributed by atoms with Crippen LogP contribution in [0.3, 0.4) is 0 Å². The third-order valence-corrected chi connectivity index (χ3v) is 3.23. The van der Waals surface area contributed by atoms with E-state index < -0.39 is 0 Å². The van der Waals surface area contributed by atoms with Crippen LogP contribution in [-0.2, 0) is 9.59 Å². The number of carbonyl (C=O) groups excluding carboxylic acids is 2. The van der Waals surface area contributed by atoms with Gasteiger partial charge in [-0.2, -0.15) is 0 Å². The van der Waals surface area contributed by atoms with E-state index in [0.717, 1.165) is 25.8 Å². The van der Waals surface area contributed by atoms with Crippen LogP contribution < -0.4 is 16.0 Å². The van der Waals surface area contributed by atoms with Gasteiger partial charge in [0.15, 0.2) is 0 Å². The molecule has 0 spiro atoms. The summed E-state index contributed by atoms with van der Waals surface area (Å²) in [6.45, 7) is 2.99. The fourth-order valence-electron chi connectivity index (χ4n) is 2.02. The van der Waals surface area contributed by atoms with Gasteiger partial charge >= 0.3 is 0 Å². The van der Waals surface area contributed by atoms with Gasteiger partial charge in [-0.3, -0.25) is 9.59 Å². The zero-order valence-corrected chi connectivity index (χ0v) is 9.58. The van der Waals surface area contributed by atoms with Crippen LogP contribution in [-0.4, -0.2) is 37.0 Å². The molecule has 2 amide bonds. The van der Waals surface area contributed by atoms with Crippen molar-refractivity contribution >= 4 is 11.8 Å². The zero-order valence-electron chi connectivity index (χ0n) is 9.58. The maximum atomic E-state index is 11.7.